The normalized spacial score (nSPS) is 12.7. The second-order valence-corrected chi connectivity index (χ2v) is 10.1. The van der Waals surface area contributed by atoms with Gasteiger partial charge in [0.15, 0.2) is 11.3 Å². The highest BCUT2D eigenvalue weighted by Crippen LogP contribution is 2.33. The summed E-state index contributed by atoms with van der Waals surface area (Å²) < 4.78 is 6.95. The van der Waals surface area contributed by atoms with Crippen molar-refractivity contribution < 1.29 is 19.7 Å². The van der Waals surface area contributed by atoms with E-state index in [0.29, 0.717) is 17.6 Å². The van der Waals surface area contributed by atoms with Crippen LogP contribution in [0.3, 0.4) is 0 Å². The fourth-order valence-corrected chi connectivity index (χ4v) is 2.37. The van der Waals surface area contributed by atoms with E-state index in [1.165, 1.54) is 16.9 Å². The van der Waals surface area contributed by atoms with E-state index in [2.05, 4.69) is 28.8 Å². The zero-order valence-corrected chi connectivity index (χ0v) is 13.1. The van der Waals surface area contributed by atoms with Gasteiger partial charge in [-0.1, -0.05) is 0 Å². The van der Waals surface area contributed by atoms with Crippen LogP contribution >= 0.6 is 10.0 Å². The topological polar surface area (TPSA) is 97.5 Å². The SMILES string of the molecule is CS(C)(C)CCOCn1nc(C(=O)O)c2cc(O)cnc21. The summed E-state index contributed by atoms with van der Waals surface area (Å²) >= 11 is 0. The lowest BCUT2D eigenvalue weighted by Gasteiger charge is -2.24. The number of carboxylic acid groups (broad SMARTS) is 1. The number of carboxylic acids is 1. The third-order valence-corrected chi connectivity index (χ3v) is 4.22. The van der Waals surface area contributed by atoms with E-state index in [4.69, 9.17) is 9.84 Å². The highest BCUT2D eigenvalue weighted by atomic mass is 32.3. The third-order valence-electron chi connectivity index (χ3n) is 2.83. The maximum atomic E-state index is 11.2. The van der Waals surface area contributed by atoms with Gasteiger partial charge in [0.05, 0.1) is 18.2 Å². The quantitative estimate of drug-likeness (QED) is 0.784. The van der Waals surface area contributed by atoms with Crippen molar-refractivity contribution in [2.75, 3.05) is 31.1 Å². The van der Waals surface area contributed by atoms with Gasteiger partial charge in [0, 0.05) is 5.75 Å². The summed E-state index contributed by atoms with van der Waals surface area (Å²) in [6.45, 7) is 0.720. The first-order valence-corrected chi connectivity index (χ1v) is 9.33. The number of aromatic nitrogens is 3. The van der Waals surface area contributed by atoms with E-state index < -0.39 is 16.0 Å². The van der Waals surface area contributed by atoms with Crippen LogP contribution in [0.5, 0.6) is 5.75 Å². The molecule has 116 valence electrons. The number of aromatic carboxylic acids is 1. The van der Waals surface area contributed by atoms with Gasteiger partial charge in [0.1, 0.15) is 12.5 Å². The largest absolute Gasteiger partial charge is 0.506 e. The van der Waals surface area contributed by atoms with E-state index in [1.54, 1.807) is 0 Å². The van der Waals surface area contributed by atoms with E-state index in [1.807, 2.05) is 0 Å². The van der Waals surface area contributed by atoms with Crippen molar-refractivity contribution in [1.29, 1.82) is 0 Å². The number of ether oxygens (including phenoxy) is 1. The molecule has 0 radical (unpaired) electrons. The van der Waals surface area contributed by atoms with Gasteiger partial charge in [-0.2, -0.15) is 5.10 Å². The first kappa shape index (κ1) is 15.6. The number of aromatic hydroxyl groups is 1. The predicted octanol–water partition coefficient (Wildman–Crippen LogP) is 1.50. The van der Waals surface area contributed by atoms with Gasteiger partial charge in [-0.3, -0.25) is 0 Å². The van der Waals surface area contributed by atoms with Crippen molar-refractivity contribution in [2.24, 2.45) is 0 Å². The Morgan fingerprint density at radius 1 is 1.43 bits per heavy atom. The zero-order valence-electron chi connectivity index (χ0n) is 12.2. The molecule has 0 aliphatic carbocycles. The van der Waals surface area contributed by atoms with Crippen molar-refractivity contribution in [3.05, 3.63) is 18.0 Å². The first-order valence-electron chi connectivity index (χ1n) is 6.30. The molecule has 2 rings (SSSR count). The summed E-state index contributed by atoms with van der Waals surface area (Å²) in [5, 5.41) is 22.9. The van der Waals surface area contributed by atoms with Gasteiger partial charge < -0.3 is 14.9 Å². The van der Waals surface area contributed by atoms with Crippen LogP contribution in [0.1, 0.15) is 10.5 Å². The Bertz CT molecular complexity index is 663. The van der Waals surface area contributed by atoms with Crippen LogP contribution < -0.4 is 0 Å². The van der Waals surface area contributed by atoms with Crippen molar-refractivity contribution in [3.63, 3.8) is 0 Å². The molecular weight excluding hydrogens is 294 g/mol. The molecule has 0 saturated heterocycles. The number of carbonyl (C=O) groups is 1. The van der Waals surface area contributed by atoms with E-state index in [-0.39, 0.29) is 18.2 Å². The van der Waals surface area contributed by atoms with Crippen LogP contribution in [0.2, 0.25) is 0 Å². The molecule has 0 amide bonds. The predicted molar refractivity (Wildman–Crippen MR) is 82.3 cm³/mol. The Morgan fingerprint density at radius 3 is 2.76 bits per heavy atom. The van der Waals surface area contributed by atoms with E-state index in [9.17, 15) is 9.90 Å². The Labute approximate surface area is 123 Å². The Kier molecular flexibility index (Phi) is 4.38. The third kappa shape index (κ3) is 3.85. The van der Waals surface area contributed by atoms with Gasteiger partial charge >= 0.3 is 5.97 Å². The summed E-state index contributed by atoms with van der Waals surface area (Å²) in [6.07, 6.45) is 7.86. The molecule has 2 aromatic heterocycles. The van der Waals surface area contributed by atoms with Crippen molar-refractivity contribution in [1.82, 2.24) is 14.8 Å². The summed E-state index contributed by atoms with van der Waals surface area (Å²) in [5.41, 5.74) is 0.242. The standard InChI is InChI=1S/C13H19N3O4S/c1-21(2,3)5-4-20-8-16-12-10(6-9(17)7-14-12)11(15-16)13(18)19/h6-7,17H,4-5,8H2,1-3H3,(H,18,19). The molecule has 0 unspecified atom stereocenters. The lowest BCUT2D eigenvalue weighted by molar-refractivity contribution is 0.0678. The molecule has 7 nitrogen and oxygen atoms in total. The second-order valence-electron chi connectivity index (χ2n) is 5.55. The summed E-state index contributed by atoms with van der Waals surface area (Å²) in [5.74, 6) is -0.293. The summed E-state index contributed by atoms with van der Waals surface area (Å²) in [6, 6.07) is 1.34. The van der Waals surface area contributed by atoms with Crippen LogP contribution in [0, 0.1) is 0 Å². The molecule has 8 heteroatoms. The number of fused-ring (bicyclic) bond motifs is 1. The molecule has 2 heterocycles. The van der Waals surface area contributed by atoms with Gasteiger partial charge in [0.2, 0.25) is 0 Å². The van der Waals surface area contributed by atoms with E-state index in [0.717, 1.165) is 5.75 Å². The Hall–Kier alpha value is -1.80. The minimum Gasteiger partial charge on any atom is -0.506 e. The maximum Gasteiger partial charge on any atom is 0.357 e. The van der Waals surface area contributed by atoms with Crippen molar-refractivity contribution in [2.45, 2.75) is 6.73 Å². The molecule has 0 aliphatic heterocycles. The fourth-order valence-electron chi connectivity index (χ4n) is 1.76. The molecule has 0 aliphatic rings. The Morgan fingerprint density at radius 2 is 2.14 bits per heavy atom. The number of rotatable bonds is 6. The average molecular weight is 313 g/mol. The summed E-state index contributed by atoms with van der Waals surface area (Å²) in [7, 11) is -0.632. The second kappa shape index (κ2) is 5.90. The Balaban J connectivity index is 2.18. The lowest BCUT2D eigenvalue weighted by Crippen LogP contribution is -2.11. The molecule has 0 fully saturated rings. The van der Waals surface area contributed by atoms with Crippen molar-refractivity contribution in [3.8, 4) is 5.75 Å². The smallest absolute Gasteiger partial charge is 0.357 e. The molecule has 21 heavy (non-hydrogen) atoms. The molecule has 0 atom stereocenters. The molecule has 2 N–H and O–H groups in total. The van der Waals surface area contributed by atoms with Gasteiger partial charge in [-0.15, -0.1) is 0 Å². The number of hydrogen-bond donors (Lipinski definition) is 2. The molecule has 0 spiro atoms. The first-order chi connectivity index (χ1) is 9.78. The monoisotopic (exact) mass is 313 g/mol. The zero-order chi connectivity index (χ0) is 15.6. The van der Waals surface area contributed by atoms with Crippen LogP contribution in [0.15, 0.2) is 12.3 Å². The van der Waals surface area contributed by atoms with Crippen molar-refractivity contribution >= 4 is 27.0 Å². The molecule has 0 saturated carbocycles. The van der Waals surface area contributed by atoms with Gasteiger partial charge in [-0.05, 0) is 24.8 Å². The van der Waals surface area contributed by atoms with Crippen LogP contribution in [-0.4, -0.2) is 62.1 Å². The molecular formula is C13H19N3O4S. The number of pyridine rings is 1. The highest BCUT2D eigenvalue weighted by Gasteiger charge is 2.18. The highest BCUT2D eigenvalue weighted by molar-refractivity contribution is 8.32. The number of nitrogens with zero attached hydrogens (tertiary/aromatic N) is 3. The molecule has 2 aromatic rings. The minimum atomic E-state index is -1.16. The van der Waals surface area contributed by atoms with Crippen LogP contribution in [0.25, 0.3) is 11.0 Å². The van der Waals surface area contributed by atoms with Gasteiger partial charge in [0.25, 0.3) is 0 Å². The van der Waals surface area contributed by atoms with Crippen LogP contribution in [0.4, 0.5) is 0 Å². The number of hydrogen-bond acceptors (Lipinski definition) is 5. The fraction of sp³-hybridized carbons (Fsp3) is 0.462. The van der Waals surface area contributed by atoms with Gasteiger partial charge in [-0.25, -0.2) is 24.5 Å². The minimum absolute atomic E-state index is 0.0956. The van der Waals surface area contributed by atoms with Crippen LogP contribution in [-0.2, 0) is 11.5 Å². The maximum absolute atomic E-state index is 11.2. The lowest BCUT2D eigenvalue weighted by atomic mass is 10.2. The molecule has 0 aromatic carbocycles. The van der Waals surface area contributed by atoms with E-state index >= 15 is 0 Å². The molecule has 0 bridgehead atoms. The average Bonchev–Trinajstić information content (AvgIpc) is 2.71. The summed E-state index contributed by atoms with van der Waals surface area (Å²) in [4.78, 5) is 15.2.